The number of nitrogens with two attached hydrogens (primary N) is 1. The topological polar surface area (TPSA) is 101 Å². The number of ether oxygens (including phenoxy) is 1. The molecule has 2 aliphatic rings. The van der Waals surface area contributed by atoms with E-state index in [4.69, 9.17) is 10.5 Å². The molecule has 0 unspecified atom stereocenters. The highest BCUT2D eigenvalue weighted by Crippen LogP contribution is 2.28. The predicted octanol–water partition coefficient (Wildman–Crippen LogP) is 2.37. The van der Waals surface area contributed by atoms with E-state index in [0.717, 1.165) is 18.4 Å². The van der Waals surface area contributed by atoms with Crippen molar-refractivity contribution < 1.29 is 13.9 Å². The van der Waals surface area contributed by atoms with Gasteiger partial charge in [0.2, 0.25) is 0 Å². The van der Waals surface area contributed by atoms with Crippen LogP contribution in [0.5, 0.6) is 5.75 Å². The van der Waals surface area contributed by atoms with E-state index in [0.29, 0.717) is 41.7 Å². The smallest absolute Gasteiger partial charge is 0.272 e. The van der Waals surface area contributed by atoms with Crippen molar-refractivity contribution in [3.8, 4) is 5.75 Å². The molecule has 0 bridgehead atoms. The number of H-pyrrole nitrogens is 1. The molecule has 8 heteroatoms. The first-order chi connectivity index (χ1) is 15.0. The molecule has 5 rings (SSSR count). The molecule has 7 nitrogen and oxygen atoms in total. The normalized spacial score (nSPS) is 16.8. The third-order valence-corrected chi connectivity index (χ3v) is 6.02. The van der Waals surface area contributed by atoms with Gasteiger partial charge >= 0.3 is 0 Å². The Balaban J connectivity index is 1.46. The van der Waals surface area contributed by atoms with E-state index >= 15 is 0 Å². The number of nitrogens with zero attached hydrogens (tertiary/aromatic N) is 2. The molecule has 0 spiro atoms. The third-order valence-electron chi connectivity index (χ3n) is 6.02. The molecule has 1 aromatic heterocycles. The molecule has 1 saturated heterocycles. The van der Waals surface area contributed by atoms with Crippen LogP contribution in [0.2, 0.25) is 0 Å². The number of fused-ring (bicyclic) bond motifs is 1. The minimum Gasteiger partial charge on any atom is -0.490 e. The quantitative estimate of drug-likeness (QED) is 0.657. The number of likely N-dealkylation sites (tertiary alicyclic amines) is 1. The van der Waals surface area contributed by atoms with Gasteiger partial charge in [0.1, 0.15) is 11.6 Å². The number of nitrogens with one attached hydrogen (secondary N) is 1. The lowest BCUT2D eigenvalue weighted by atomic mass is 9.96. The van der Waals surface area contributed by atoms with Crippen molar-refractivity contribution in [3.05, 3.63) is 69.4 Å². The van der Waals surface area contributed by atoms with Crippen LogP contribution >= 0.6 is 0 Å². The first-order valence-corrected chi connectivity index (χ1v) is 10.5. The van der Waals surface area contributed by atoms with E-state index in [2.05, 4.69) is 10.2 Å². The summed E-state index contributed by atoms with van der Waals surface area (Å²) in [7, 11) is 0. The Hall–Kier alpha value is -3.26. The van der Waals surface area contributed by atoms with Gasteiger partial charge < -0.3 is 15.4 Å². The molecule has 2 aromatic carbocycles. The fourth-order valence-electron chi connectivity index (χ4n) is 3.98. The maximum absolute atomic E-state index is 14.3. The molecule has 1 aliphatic carbocycles. The van der Waals surface area contributed by atoms with Crippen molar-refractivity contribution in [2.24, 2.45) is 5.73 Å². The number of rotatable bonds is 5. The number of hydrogen-bond donors (Lipinski definition) is 2. The highest BCUT2D eigenvalue weighted by atomic mass is 19.1. The maximum atomic E-state index is 14.3. The van der Waals surface area contributed by atoms with Crippen LogP contribution in [0.15, 0.2) is 41.2 Å². The highest BCUT2D eigenvalue weighted by Gasteiger charge is 2.30. The van der Waals surface area contributed by atoms with Crippen LogP contribution in [0.1, 0.15) is 40.9 Å². The van der Waals surface area contributed by atoms with Crippen molar-refractivity contribution in [1.29, 1.82) is 0 Å². The molecule has 31 heavy (non-hydrogen) atoms. The Bertz CT molecular complexity index is 1220. The second-order valence-corrected chi connectivity index (χ2v) is 8.34. The van der Waals surface area contributed by atoms with E-state index in [-0.39, 0.29) is 29.2 Å². The zero-order valence-electron chi connectivity index (χ0n) is 16.9. The van der Waals surface area contributed by atoms with Gasteiger partial charge in [-0.05, 0) is 55.2 Å². The van der Waals surface area contributed by atoms with E-state index in [1.54, 1.807) is 24.3 Å². The summed E-state index contributed by atoms with van der Waals surface area (Å²) in [5, 5.41) is 7.95. The van der Waals surface area contributed by atoms with Crippen LogP contribution in [-0.4, -0.2) is 46.2 Å². The molecule has 0 atom stereocenters. The van der Waals surface area contributed by atoms with Gasteiger partial charge in [0.05, 0.1) is 22.7 Å². The molecule has 2 fully saturated rings. The van der Waals surface area contributed by atoms with Crippen LogP contribution in [0.4, 0.5) is 4.39 Å². The lowest BCUT2D eigenvalue weighted by molar-refractivity contribution is 0.0603. The van der Waals surface area contributed by atoms with Crippen molar-refractivity contribution in [2.45, 2.75) is 37.8 Å². The number of halogens is 1. The van der Waals surface area contributed by atoms with Crippen LogP contribution in [0, 0.1) is 5.82 Å². The second-order valence-electron chi connectivity index (χ2n) is 8.34. The number of benzene rings is 2. The van der Waals surface area contributed by atoms with Gasteiger partial charge in [-0.25, -0.2) is 9.49 Å². The second kappa shape index (κ2) is 7.77. The SMILES string of the molecule is NC1CN(C(=O)c2cc(Cc3n[nH]c(=O)c4ccc(OC5CCC5)cc34)ccc2F)C1. The van der Waals surface area contributed by atoms with Gasteiger partial charge in [0, 0.05) is 30.9 Å². The van der Waals surface area contributed by atoms with Crippen LogP contribution in [-0.2, 0) is 6.42 Å². The standard InChI is InChI=1S/C23H23FN4O3/c24-20-7-4-13(8-19(20)23(30)28-11-14(25)12-28)9-21-18-10-16(31-15-2-1-3-15)5-6-17(18)22(29)27-26-21/h4-8,10,14-15H,1-3,9,11-12,25H2,(H,27,29). The molecule has 2 heterocycles. The summed E-state index contributed by atoms with van der Waals surface area (Å²) in [6.45, 7) is 0.858. The monoisotopic (exact) mass is 422 g/mol. The molecule has 0 radical (unpaired) electrons. The zero-order valence-corrected chi connectivity index (χ0v) is 16.9. The van der Waals surface area contributed by atoms with Crippen molar-refractivity contribution >= 4 is 16.7 Å². The lowest BCUT2D eigenvalue weighted by Gasteiger charge is -2.36. The van der Waals surface area contributed by atoms with Crippen molar-refractivity contribution in [1.82, 2.24) is 15.1 Å². The summed E-state index contributed by atoms with van der Waals surface area (Å²) in [4.78, 5) is 26.4. The average molecular weight is 422 g/mol. The number of carbonyl (C=O) groups is 1. The van der Waals surface area contributed by atoms with Crippen molar-refractivity contribution in [3.63, 3.8) is 0 Å². The van der Waals surface area contributed by atoms with Gasteiger partial charge in [0.15, 0.2) is 0 Å². The number of aromatic amines is 1. The largest absolute Gasteiger partial charge is 0.490 e. The molecule has 3 N–H and O–H groups in total. The highest BCUT2D eigenvalue weighted by molar-refractivity contribution is 5.95. The molecular formula is C23H23FN4O3. The van der Waals surface area contributed by atoms with Crippen LogP contribution in [0.3, 0.4) is 0 Å². The number of amides is 1. The third kappa shape index (κ3) is 3.79. The summed E-state index contributed by atoms with van der Waals surface area (Å²) in [5.41, 5.74) is 6.83. The van der Waals surface area contributed by atoms with Crippen LogP contribution < -0.4 is 16.0 Å². The first kappa shape index (κ1) is 19.7. The summed E-state index contributed by atoms with van der Waals surface area (Å²) in [6.07, 6.45) is 3.79. The van der Waals surface area contributed by atoms with Gasteiger partial charge in [-0.3, -0.25) is 9.59 Å². The van der Waals surface area contributed by atoms with E-state index in [1.807, 2.05) is 6.07 Å². The van der Waals surface area contributed by atoms with Gasteiger partial charge in [-0.2, -0.15) is 5.10 Å². The molecular weight excluding hydrogens is 399 g/mol. The Labute approximate surface area is 178 Å². The molecule has 1 saturated carbocycles. The Morgan fingerprint density at radius 3 is 2.71 bits per heavy atom. The van der Waals surface area contributed by atoms with Crippen molar-refractivity contribution in [2.75, 3.05) is 13.1 Å². The predicted molar refractivity (Wildman–Crippen MR) is 114 cm³/mol. The molecule has 1 aliphatic heterocycles. The van der Waals surface area contributed by atoms with Gasteiger partial charge in [-0.1, -0.05) is 6.07 Å². The van der Waals surface area contributed by atoms with E-state index < -0.39 is 5.82 Å². The molecule has 160 valence electrons. The van der Waals surface area contributed by atoms with E-state index in [9.17, 15) is 14.0 Å². The maximum Gasteiger partial charge on any atom is 0.272 e. The average Bonchev–Trinajstić information content (AvgIpc) is 2.71. The Morgan fingerprint density at radius 1 is 1.19 bits per heavy atom. The first-order valence-electron chi connectivity index (χ1n) is 10.5. The Kier molecular flexibility index (Phi) is 4.94. The number of carbonyl (C=O) groups excluding carboxylic acids is 1. The minimum absolute atomic E-state index is 0.0205. The summed E-state index contributed by atoms with van der Waals surface area (Å²) < 4.78 is 20.3. The fourth-order valence-corrected chi connectivity index (χ4v) is 3.98. The summed E-state index contributed by atoms with van der Waals surface area (Å²) in [5.74, 6) is -0.226. The number of hydrogen-bond acceptors (Lipinski definition) is 5. The van der Waals surface area contributed by atoms with Gasteiger partial charge in [-0.15, -0.1) is 0 Å². The zero-order chi connectivity index (χ0) is 21.5. The van der Waals surface area contributed by atoms with Gasteiger partial charge in [0.25, 0.3) is 11.5 Å². The Morgan fingerprint density at radius 2 is 2.00 bits per heavy atom. The fraction of sp³-hybridized carbons (Fsp3) is 0.348. The minimum atomic E-state index is -0.565. The molecule has 3 aromatic rings. The lowest BCUT2D eigenvalue weighted by Crippen LogP contribution is -2.57. The van der Waals surface area contributed by atoms with E-state index in [1.165, 1.54) is 17.4 Å². The van der Waals surface area contributed by atoms with Crippen LogP contribution in [0.25, 0.3) is 10.8 Å². The molecule has 1 amide bonds. The summed E-state index contributed by atoms with van der Waals surface area (Å²) in [6, 6.07) is 9.79. The number of aromatic nitrogens is 2. The summed E-state index contributed by atoms with van der Waals surface area (Å²) >= 11 is 0.